The maximum absolute atomic E-state index is 12.4. The lowest BCUT2D eigenvalue weighted by Gasteiger charge is -2.43. The highest BCUT2D eigenvalue weighted by Crippen LogP contribution is 2.41. The molecule has 0 aromatic rings. The van der Waals surface area contributed by atoms with E-state index in [0.29, 0.717) is 31.8 Å². The zero-order chi connectivity index (χ0) is 13.6. The Bertz CT molecular complexity index is 439. The zero-order valence-corrected chi connectivity index (χ0v) is 12.1. The van der Waals surface area contributed by atoms with Gasteiger partial charge < -0.3 is 9.80 Å². The van der Waals surface area contributed by atoms with Gasteiger partial charge in [0.05, 0.1) is 10.8 Å². The number of piperidine rings is 1. The molecule has 1 aliphatic carbocycles. The van der Waals surface area contributed by atoms with Crippen LogP contribution in [0.4, 0.5) is 0 Å². The Kier molecular flexibility index (Phi) is 3.15. The average Bonchev–Trinajstić information content (AvgIpc) is 3.16. The largest absolute Gasteiger partial charge is 0.343 e. The van der Waals surface area contributed by atoms with Crippen LogP contribution >= 0.6 is 0 Å². The highest BCUT2D eigenvalue weighted by molar-refractivity contribution is 7.87. The second-order valence-electron chi connectivity index (χ2n) is 5.89. The SMILES string of the molecule is CC(=O)N1CCC2(CC1)N(CC1CC1)C(=O)CS2=O. The first-order valence-electron chi connectivity index (χ1n) is 6.97. The van der Waals surface area contributed by atoms with Crippen molar-refractivity contribution in [1.82, 2.24) is 9.80 Å². The summed E-state index contributed by atoms with van der Waals surface area (Å²) < 4.78 is 12.4. The third kappa shape index (κ3) is 2.20. The molecular weight excluding hydrogens is 264 g/mol. The molecule has 6 heteroatoms. The summed E-state index contributed by atoms with van der Waals surface area (Å²) in [5.74, 6) is 0.897. The minimum absolute atomic E-state index is 0.0431. The number of nitrogens with zero attached hydrogens (tertiary/aromatic N) is 2. The van der Waals surface area contributed by atoms with Crippen LogP contribution in [0.5, 0.6) is 0 Å². The molecular formula is C13H20N2O3S. The van der Waals surface area contributed by atoms with Gasteiger partial charge in [-0.2, -0.15) is 0 Å². The van der Waals surface area contributed by atoms with Crippen molar-refractivity contribution in [3.8, 4) is 0 Å². The standard InChI is InChI=1S/C13H20N2O3S/c1-10(16)14-6-4-13(5-7-14)15(8-11-2-3-11)12(17)9-19(13)18/h11H,2-9H2,1H3. The van der Waals surface area contributed by atoms with E-state index in [-0.39, 0.29) is 17.6 Å². The second kappa shape index (κ2) is 4.58. The van der Waals surface area contributed by atoms with Gasteiger partial charge in [0.25, 0.3) is 0 Å². The van der Waals surface area contributed by atoms with Gasteiger partial charge in [-0.15, -0.1) is 0 Å². The van der Waals surface area contributed by atoms with Gasteiger partial charge in [0.1, 0.15) is 10.6 Å². The van der Waals surface area contributed by atoms with Crippen molar-refractivity contribution in [2.45, 2.75) is 37.5 Å². The summed E-state index contributed by atoms with van der Waals surface area (Å²) in [5.41, 5.74) is 0. The van der Waals surface area contributed by atoms with Gasteiger partial charge >= 0.3 is 0 Å². The molecule has 1 saturated carbocycles. The van der Waals surface area contributed by atoms with E-state index in [4.69, 9.17) is 0 Å². The van der Waals surface area contributed by atoms with E-state index < -0.39 is 15.7 Å². The summed E-state index contributed by atoms with van der Waals surface area (Å²) in [4.78, 5) is 26.7. The van der Waals surface area contributed by atoms with Crippen LogP contribution in [-0.4, -0.2) is 56.1 Å². The maximum Gasteiger partial charge on any atom is 0.236 e. The summed E-state index contributed by atoms with van der Waals surface area (Å²) in [7, 11) is -1.11. The lowest BCUT2D eigenvalue weighted by molar-refractivity contribution is -0.134. The molecule has 1 unspecified atom stereocenters. The number of carbonyl (C=O) groups is 2. The van der Waals surface area contributed by atoms with Gasteiger partial charge in [0, 0.05) is 39.4 Å². The van der Waals surface area contributed by atoms with E-state index in [0.717, 1.165) is 6.54 Å². The predicted molar refractivity (Wildman–Crippen MR) is 71.7 cm³/mol. The van der Waals surface area contributed by atoms with Crippen LogP contribution in [0.15, 0.2) is 0 Å². The molecule has 1 atom stereocenters. The lowest BCUT2D eigenvalue weighted by Crippen LogP contribution is -2.55. The molecule has 0 bridgehead atoms. The molecule has 2 amide bonds. The second-order valence-corrected chi connectivity index (χ2v) is 7.63. The zero-order valence-electron chi connectivity index (χ0n) is 11.3. The molecule has 0 N–H and O–H groups in total. The Hall–Kier alpha value is -0.910. The van der Waals surface area contributed by atoms with Crippen LogP contribution in [0.1, 0.15) is 32.6 Å². The lowest BCUT2D eigenvalue weighted by atomic mass is 10.0. The fourth-order valence-corrected chi connectivity index (χ4v) is 4.88. The molecule has 106 valence electrons. The maximum atomic E-state index is 12.4. The van der Waals surface area contributed by atoms with Crippen molar-refractivity contribution in [3.05, 3.63) is 0 Å². The molecule has 2 saturated heterocycles. The van der Waals surface area contributed by atoms with E-state index >= 15 is 0 Å². The quantitative estimate of drug-likeness (QED) is 0.734. The van der Waals surface area contributed by atoms with Crippen LogP contribution in [0, 0.1) is 5.92 Å². The molecule has 0 aromatic heterocycles. The molecule has 1 spiro atoms. The summed E-state index contributed by atoms with van der Waals surface area (Å²) in [5, 5.41) is 0. The fraction of sp³-hybridized carbons (Fsp3) is 0.846. The molecule has 0 radical (unpaired) electrons. The predicted octanol–water partition coefficient (Wildman–Crippen LogP) is 0.326. The Morgan fingerprint density at radius 3 is 2.53 bits per heavy atom. The highest BCUT2D eigenvalue weighted by Gasteiger charge is 2.53. The Morgan fingerprint density at radius 1 is 1.37 bits per heavy atom. The Morgan fingerprint density at radius 2 is 2.00 bits per heavy atom. The van der Waals surface area contributed by atoms with Crippen LogP contribution in [-0.2, 0) is 20.4 Å². The third-order valence-electron chi connectivity index (χ3n) is 4.60. The molecule has 3 rings (SSSR count). The number of rotatable bonds is 2. The van der Waals surface area contributed by atoms with Gasteiger partial charge in [0.2, 0.25) is 11.8 Å². The topological polar surface area (TPSA) is 57.7 Å². The molecule has 19 heavy (non-hydrogen) atoms. The summed E-state index contributed by atoms with van der Waals surface area (Å²) in [6.45, 7) is 3.58. The van der Waals surface area contributed by atoms with Crippen LogP contribution < -0.4 is 0 Å². The highest BCUT2D eigenvalue weighted by atomic mass is 32.2. The third-order valence-corrected chi connectivity index (χ3v) is 6.58. The van der Waals surface area contributed by atoms with Gasteiger partial charge in [-0.3, -0.25) is 13.8 Å². The molecule has 2 aliphatic heterocycles. The molecule has 2 heterocycles. The molecule has 0 aromatic carbocycles. The minimum atomic E-state index is -1.11. The van der Waals surface area contributed by atoms with Gasteiger partial charge in [0.15, 0.2) is 0 Å². The number of hydrogen-bond donors (Lipinski definition) is 0. The number of hydrogen-bond acceptors (Lipinski definition) is 3. The van der Waals surface area contributed by atoms with E-state index in [9.17, 15) is 13.8 Å². The average molecular weight is 284 g/mol. The van der Waals surface area contributed by atoms with Crippen molar-refractivity contribution < 1.29 is 13.8 Å². The first-order chi connectivity index (χ1) is 9.03. The van der Waals surface area contributed by atoms with E-state index in [1.165, 1.54) is 12.8 Å². The minimum Gasteiger partial charge on any atom is -0.343 e. The molecule has 3 fully saturated rings. The molecule has 3 aliphatic rings. The number of carbonyl (C=O) groups excluding carboxylic acids is 2. The summed E-state index contributed by atoms with van der Waals surface area (Å²) in [6.07, 6.45) is 3.70. The summed E-state index contributed by atoms with van der Waals surface area (Å²) in [6, 6.07) is 0. The van der Waals surface area contributed by atoms with E-state index in [1.807, 2.05) is 4.90 Å². The monoisotopic (exact) mass is 284 g/mol. The van der Waals surface area contributed by atoms with Crippen molar-refractivity contribution in [2.75, 3.05) is 25.4 Å². The van der Waals surface area contributed by atoms with Gasteiger partial charge in [-0.05, 0) is 18.8 Å². The van der Waals surface area contributed by atoms with Crippen LogP contribution in [0.25, 0.3) is 0 Å². The van der Waals surface area contributed by atoms with E-state index in [2.05, 4.69) is 0 Å². The Labute approximate surface area is 115 Å². The molecule has 5 nitrogen and oxygen atoms in total. The van der Waals surface area contributed by atoms with Crippen LogP contribution in [0.2, 0.25) is 0 Å². The van der Waals surface area contributed by atoms with Gasteiger partial charge in [-0.1, -0.05) is 0 Å². The smallest absolute Gasteiger partial charge is 0.236 e. The first-order valence-corrected chi connectivity index (χ1v) is 8.29. The summed E-state index contributed by atoms with van der Waals surface area (Å²) >= 11 is 0. The van der Waals surface area contributed by atoms with Crippen LogP contribution in [0.3, 0.4) is 0 Å². The fourth-order valence-electron chi connectivity index (χ4n) is 3.17. The van der Waals surface area contributed by atoms with Crippen molar-refractivity contribution in [2.24, 2.45) is 5.92 Å². The number of likely N-dealkylation sites (tertiary alicyclic amines) is 1. The van der Waals surface area contributed by atoms with Gasteiger partial charge in [-0.25, -0.2) is 0 Å². The van der Waals surface area contributed by atoms with Crippen molar-refractivity contribution >= 4 is 22.6 Å². The first kappa shape index (κ1) is 13.1. The van der Waals surface area contributed by atoms with Crippen molar-refractivity contribution in [3.63, 3.8) is 0 Å². The van der Waals surface area contributed by atoms with Crippen molar-refractivity contribution in [1.29, 1.82) is 0 Å². The number of amides is 2. The van der Waals surface area contributed by atoms with E-state index in [1.54, 1.807) is 11.8 Å². The normalized spacial score (nSPS) is 30.2. The Balaban J connectivity index is 1.78.